The van der Waals surface area contributed by atoms with Crippen LogP contribution in [-0.4, -0.2) is 52.4 Å². The Hall–Kier alpha value is -3.54. The first-order valence-corrected chi connectivity index (χ1v) is 10.7. The number of nitrogen functional groups attached to an aromatic ring is 2. The summed E-state index contributed by atoms with van der Waals surface area (Å²) in [7, 11) is 0. The van der Waals surface area contributed by atoms with Crippen molar-refractivity contribution >= 4 is 11.4 Å². The minimum absolute atomic E-state index is 0.0375. The summed E-state index contributed by atoms with van der Waals surface area (Å²) in [6.07, 6.45) is -41.7. The number of rotatable bonds is 5. The third-order valence-corrected chi connectivity index (χ3v) is 6.04. The molecular formula is C21H12F18N2O4. The van der Waals surface area contributed by atoms with Gasteiger partial charge in [-0.3, -0.25) is 0 Å². The van der Waals surface area contributed by atoms with Crippen LogP contribution < -0.4 is 16.2 Å². The molecule has 2 aromatic rings. The first-order chi connectivity index (χ1) is 19.6. The fourth-order valence-corrected chi connectivity index (χ4v) is 3.73. The van der Waals surface area contributed by atoms with E-state index in [1.165, 1.54) is 0 Å². The molecule has 0 radical (unpaired) electrons. The first-order valence-electron chi connectivity index (χ1n) is 10.7. The second kappa shape index (κ2) is 10.5. The lowest BCUT2D eigenvalue weighted by Crippen LogP contribution is -2.56. The van der Waals surface area contributed by atoms with Crippen LogP contribution in [0.1, 0.15) is 16.7 Å². The second-order valence-corrected chi connectivity index (χ2v) is 8.90. The SMILES string of the molecule is Nc1ccc(Oc2cc(C(O)(C(F)(F)F)C(F)(F)F)c(N)c(C(O)(C(F)(F)F)C(F)(F)F)c2)cc1C(O)(C(F)(F)F)C(F)(F)F. The van der Waals surface area contributed by atoms with Crippen molar-refractivity contribution < 1.29 is 99.1 Å². The smallest absolute Gasteiger partial charge is 0.430 e. The predicted octanol–water partition coefficient (Wildman–Crippen LogP) is 6.58. The summed E-state index contributed by atoms with van der Waals surface area (Å²) in [5.74, 6) is -3.80. The number of benzene rings is 2. The number of aliphatic hydroxyl groups is 3. The summed E-state index contributed by atoms with van der Waals surface area (Å²) in [4.78, 5) is 0. The van der Waals surface area contributed by atoms with E-state index in [-0.39, 0.29) is 12.1 Å². The van der Waals surface area contributed by atoms with Crippen molar-refractivity contribution in [3.8, 4) is 11.5 Å². The van der Waals surface area contributed by atoms with E-state index < -0.39 is 112 Å². The number of anilines is 2. The molecule has 0 spiro atoms. The van der Waals surface area contributed by atoms with Gasteiger partial charge < -0.3 is 31.5 Å². The molecule has 0 amide bonds. The van der Waals surface area contributed by atoms with Gasteiger partial charge >= 0.3 is 37.1 Å². The molecule has 0 atom stereocenters. The number of alkyl halides is 18. The highest BCUT2D eigenvalue weighted by molar-refractivity contribution is 5.64. The van der Waals surface area contributed by atoms with Crippen LogP contribution in [0.2, 0.25) is 0 Å². The zero-order valence-corrected chi connectivity index (χ0v) is 20.6. The second-order valence-electron chi connectivity index (χ2n) is 8.90. The molecule has 2 aromatic carbocycles. The van der Waals surface area contributed by atoms with E-state index in [1.54, 1.807) is 0 Å². The number of hydrogen-bond acceptors (Lipinski definition) is 6. The summed E-state index contributed by atoms with van der Waals surface area (Å²) in [5.41, 5.74) is -21.9. The molecule has 7 N–H and O–H groups in total. The van der Waals surface area contributed by atoms with Gasteiger partial charge in [0, 0.05) is 28.1 Å². The van der Waals surface area contributed by atoms with Gasteiger partial charge in [0.1, 0.15) is 11.5 Å². The van der Waals surface area contributed by atoms with Crippen molar-refractivity contribution in [2.75, 3.05) is 11.5 Å². The van der Waals surface area contributed by atoms with Crippen LogP contribution in [-0.2, 0) is 16.8 Å². The van der Waals surface area contributed by atoms with Crippen LogP contribution >= 0.6 is 0 Å². The Balaban J connectivity index is 3.11. The lowest BCUT2D eigenvalue weighted by Gasteiger charge is -2.37. The van der Waals surface area contributed by atoms with Gasteiger partial charge in [-0.15, -0.1) is 0 Å². The van der Waals surface area contributed by atoms with Crippen molar-refractivity contribution in [2.45, 2.75) is 53.9 Å². The third kappa shape index (κ3) is 5.81. The summed E-state index contributed by atoms with van der Waals surface area (Å²) >= 11 is 0. The fourth-order valence-electron chi connectivity index (χ4n) is 3.73. The monoisotopic (exact) mass is 698 g/mol. The Bertz CT molecular complexity index is 1320. The van der Waals surface area contributed by atoms with Gasteiger partial charge in [-0.05, 0) is 30.3 Å². The highest BCUT2D eigenvalue weighted by Gasteiger charge is 2.75. The molecule has 24 heteroatoms. The van der Waals surface area contributed by atoms with E-state index in [9.17, 15) is 94.3 Å². The van der Waals surface area contributed by atoms with E-state index in [0.717, 1.165) is 0 Å². The third-order valence-electron chi connectivity index (χ3n) is 6.04. The fraction of sp³-hybridized carbons (Fsp3) is 0.429. The van der Waals surface area contributed by atoms with Gasteiger partial charge in [0.05, 0.1) is 0 Å². The van der Waals surface area contributed by atoms with E-state index in [4.69, 9.17) is 11.5 Å². The summed E-state index contributed by atoms with van der Waals surface area (Å²) < 4.78 is 247. The van der Waals surface area contributed by atoms with Crippen molar-refractivity contribution in [3.63, 3.8) is 0 Å². The van der Waals surface area contributed by atoms with E-state index >= 15 is 0 Å². The molecule has 0 heterocycles. The van der Waals surface area contributed by atoms with Gasteiger partial charge in [0.25, 0.3) is 16.8 Å². The minimum Gasteiger partial charge on any atom is -0.457 e. The average molecular weight is 698 g/mol. The van der Waals surface area contributed by atoms with Crippen LogP contribution in [0.15, 0.2) is 30.3 Å². The molecule has 0 aromatic heterocycles. The number of ether oxygens (including phenoxy) is 1. The van der Waals surface area contributed by atoms with Crippen molar-refractivity contribution in [3.05, 3.63) is 47.0 Å². The Morgan fingerprint density at radius 3 is 0.978 bits per heavy atom. The maximum Gasteiger partial charge on any atom is 0.430 e. The van der Waals surface area contributed by atoms with Crippen molar-refractivity contribution in [2.24, 2.45) is 0 Å². The highest BCUT2D eigenvalue weighted by atomic mass is 19.4. The highest BCUT2D eigenvalue weighted by Crippen LogP contribution is 2.58. The Kier molecular flexibility index (Phi) is 8.78. The summed E-state index contributed by atoms with van der Waals surface area (Å²) in [6, 6.07) is -1.96. The lowest BCUT2D eigenvalue weighted by molar-refractivity contribution is -0.378. The van der Waals surface area contributed by atoms with Gasteiger partial charge in [0.15, 0.2) is 0 Å². The van der Waals surface area contributed by atoms with Gasteiger partial charge in [-0.1, -0.05) is 0 Å². The molecule has 0 fully saturated rings. The van der Waals surface area contributed by atoms with Gasteiger partial charge in [0.2, 0.25) is 0 Å². The van der Waals surface area contributed by atoms with E-state index in [2.05, 4.69) is 4.74 Å². The van der Waals surface area contributed by atoms with Crippen LogP contribution in [0.3, 0.4) is 0 Å². The molecule has 0 aliphatic heterocycles. The van der Waals surface area contributed by atoms with Crippen molar-refractivity contribution in [1.82, 2.24) is 0 Å². The number of halogens is 18. The molecule has 0 saturated heterocycles. The molecule has 0 saturated carbocycles. The van der Waals surface area contributed by atoms with Gasteiger partial charge in [-0.2, -0.15) is 79.0 Å². The molecule has 256 valence electrons. The quantitative estimate of drug-likeness (QED) is 0.178. The standard InChI is InChI=1S/C21H12F18N2O4/c22-16(23,24)13(42,17(25,26)27)8-3-6(1-2-11(8)40)45-7-4-9(14(43,18(28,29)30)19(31,32)33)12(41)10(5-7)15(44,20(34,35)36)21(37,38)39/h1-5,42-44H,40-41H2. The maximum absolute atomic E-state index is 13.5. The molecule has 0 bridgehead atoms. The molecule has 0 aliphatic rings. The van der Waals surface area contributed by atoms with E-state index in [1.807, 2.05) is 0 Å². The molecule has 2 rings (SSSR count). The van der Waals surface area contributed by atoms with Crippen LogP contribution in [0.25, 0.3) is 0 Å². The topological polar surface area (TPSA) is 122 Å². The maximum atomic E-state index is 13.5. The first kappa shape index (κ1) is 37.6. The Morgan fingerprint density at radius 1 is 0.422 bits per heavy atom. The minimum atomic E-state index is -7.08. The van der Waals surface area contributed by atoms with Crippen LogP contribution in [0.4, 0.5) is 90.4 Å². The zero-order valence-electron chi connectivity index (χ0n) is 20.6. The van der Waals surface area contributed by atoms with Crippen LogP contribution in [0, 0.1) is 0 Å². The normalized spacial score (nSPS) is 15.0. The number of nitrogens with two attached hydrogens (primary N) is 2. The Morgan fingerprint density at radius 2 is 0.689 bits per heavy atom. The summed E-state index contributed by atoms with van der Waals surface area (Å²) in [6.45, 7) is 0. The van der Waals surface area contributed by atoms with E-state index in [0.29, 0.717) is 0 Å². The largest absolute Gasteiger partial charge is 0.457 e. The molecule has 45 heavy (non-hydrogen) atoms. The summed E-state index contributed by atoms with van der Waals surface area (Å²) in [5, 5.41) is 28.9. The van der Waals surface area contributed by atoms with Gasteiger partial charge in [-0.25, -0.2) is 0 Å². The molecular weight excluding hydrogens is 686 g/mol. The molecule has 0 aliphatic carbocycles. The molecule has 0 unspecified atom stereocenters. The Labute approximate surface area is 235 Å². The zero-order chi connectivity index (χ0) is 35.8. The van der Waals surface area contributed by atoms with Crippen LogP contribution in [0.5, 0.6) is 11.5 Å². The predicted molar refractivity (Wildman–Crippen MR) is 110 cm³/mol. The lowest BCUT2D eigenvalue weighted by atomic mass is 9.83. The average Bonchev–Trinajstić information content (AvgIpc) is 2.80. The van der Waals surface area contributed by atoms with Crippen molar-refractivity contribution in [1.29, 1.82) is 0 Å². The molecule has 6 nitrogen and oxygen atoms in total. The number of hydrogen-bond donors (Lipinski definition) is 5.